The van der Waals surface area contributed by atoms with Crippen molar-refractivity contribution in [1.82, 2.24) is 15.0 Å². The summed E-state index contributed by atoms with van der Waals surface area (Å²) in [5.74, 6) is 0.998. The number of H-pyrrole nitrogens is 1. The molecule has 0 aliphatic carbocycles. The first-order chi connectivity index (χ1) is 17.0. The van der Waals surface area contributed by atoms with E-state index < -0.39 is 0 Å². The second kappa shape index (κ2) is 8.59. The Bertz CT molecular complexity index is 1580. The highest BCUT2D eigenvalue weighted by Gasteiger charge is 2.24. The van der Waals surface area contributed by atoms with Crippen molar-refractivity contribution >= 4 is 33.8 Å². The van der Waals surface area contributed by atoms with E-state index in [1.54, 1.807) is 6.21 Å². The van der Waals surface area contributed by atoms with Crippen molar-refractivity contribution in [2.24, 2.45) is 4.99 Å². The van der Waals surface area contributed by atoms with E-state index in [0.717, 1.165) is 50.3 Å². The molecule has 2 heterocycles. The highest BCUT2D eigenvalue weighted by atomic mass is 16.3. The third-order valence-electron chi connectivity index (χ3n) is 6.49. The average Bonchev–Trinajstić information content (AvgIpc) is 3.26. The van der Waals surface area contributed by atoms with Crippen LogP contribution in [0.3, 0.4) is 0 Å². The van der Waals surface area contributed by atoms with Crippen LogP contribution in [0.15, 0.2) is 71.7 Å². The Morgan fingerprint density at radius 2 is 1.61 bits per heavy atom. The van der Waals surface area contributed by atoms with E-state index in [0.29, 0.717) is 5.56 Å². The number of phenolic OH excluding ortho intramolecular Hbond substituents is 1. The molecule has 36 heavy (non-hydrogen) atoms. The molecule has 0 aliphatic rings. The molecule has 0 radical (unpaired) electrons. The van der Waals surface area contributed by atoms with Gasteiger partial charge in [0.2, 0.25) is 0 Å². The molecule has 2 aromatic heterocycles. The number of aromatic amines is 1. The number of para-hydroxylation sites is 3. The van der Waals surface area contributed by atoms with E-state index >= 15 is 0 Å². The Kier molecular flexibility index (Phi) is 5.67. The minimum absolute atomic E-state index is 0.0568. The van der Waals surface area contributed by atoms with Crippen LogP contribution in [-0.2, 0) is 10.8 Å². The molecule has 0 fully saturated rings. The lowest BCUT2D eigenvalue weighted by Gasteiger charge is -2.27. The molecule has 0 bridgehead atoms. The Morgan fingerprint density at radius 1 is 0.833 bits per heavy atom. The average molecular weight is 477 g/mol. The van der Waals surface area contributed by atoms with Crippen molar-refractivity contribution in [2.45, 2.75) is 52.4 Å². The van der Waals surface area contributed by atoms with Crippen molar-refractivity contribution in [1.29, 1.82) is 0 Å². The van der Waals surface area contributed by atoms with Crippen molar-refractivity contribution in [3.63, 3.8) is 0 Å². The maximum atomic E-state index is 11.1. The van der Waals surface area contributed by atoms with Crippen LogP contribution in [0, 0.1) is 0 Å². The number of aliphatic imine (C=N–C) groups is 1. The van der Waals surface area contributed by atoms with Gasteiger partial charge in [-0.15, -0.1) is 0 Å². The quantitative estimate of drug-likeness (QED) is 0.261. The summed E-state index contributed by atoms with van der Waals surface area (Å²) in [6, 6.07) is 22.1. The van der Waals surface area contributed by atoms with Gasteiger partial charge in [0, 0.05) is 22.7 Å². The van der Waals surface area contributed by atoms with E-state index in [1.807, 2.05) is 60.7 Å². The first-order valence-electron chi connectivity index (χ1n) is 12.3. The number of fused-ring (bicyclic) bond motifs is 2. The zero-order valence-electron chi connectivity index (χ0n) is 21.7. The molecule has 0 aliphatic heterocycles. The van der Waals surface area contributed by atoms with Crippen LogP contribution in [0.2, 0.25) is 0 Å². The molecule has 5 aromatic rings. The topological polar surface area (TPSA) is 74.2 Å². The normalized spacial score (nSPS) is 12.7. The minimum atomic E-state index is -0.198. The molecular formula is C31H32N4O. The minimum Gasteiger partial charge on any atom is -0.507 e. The number of pyridine rings is 1. The summed E-state index contributed by atoms with van der Waals surface area (Å²) in [6.45, 7) is 12.9. The Balaban J connectivity index is 1.61. The molecule has 0 amide bonds. The zero-order valence-corrected chi connectivity index (χ0v) is 21.7. The van der Waals surface area contributed by atoms with Gasteiger partial charge >= 0.3 is 0 Å². The highest BCUT2D eigenvalue weighted by Crippen LogP contribution is 2.37. The summed E-state index contributed by atoms with van der Waals surface area (Å²) in [7, 11) is 0. The van der Waals surface area contributed by atoms with Crippen LogP contribution < -0.4 is 0 Å². The van der Waals surface area contributed by atoms with E-state index in [4.69, 9.17) is 15.0 Å². The van der Waals surface area contributed by atoms with Crippen LogP contribution in [0.1, 0.15) is 58.2 Å². The van der Waals surface area contributed by atoms with Crippen LogP contribution in [-0.4, -0.2) is 26.3 Å². The van der Waals surface area contributed by atoms with E-state index in [1.165, 1.54) is 0 Å². The number of phenols is 1. The van der Waals surface area contributed by atoms with Gasteiger partial charge in [0.05, 0.1) is 22.2 Å². The fourth-order valence-corrected chi connectivity index (χ4v) is 4.34. The molecule has 0 spiro atoms. The number of imidazole rings is 1. The number of aromatic nitrogens is 3. The maximum absolute atomic E-state index is 11.1. The molecule has 0 atom stereocenters. The summed E-state index contributed by atoms with van der Waals surface area (Å²) in [5, 5.41) is 12.1. The van der Waals surface area contributed by atoms with Gasteiger partial charge in [-0.25, -0.2) is 9.97 Å². The van der Waals surface area contributed by atoms with Crippen molar-refractivity contribution in [3.05, 3.63) is 83.4 Å². The molecule has 0 saturated carbocycles. The maximum Gasteiger partial charge on any atom is 0.157 e. The van der Waals surface area contributed by atoms with Crippen LogP contribution in [0.5, 0.6) is 5.75 Å². The lowest BCUT2D eigenvalue weighted by Crippen LogP contribution is -2.17. The molecule has 3 aromatic carbocycles. The fraction of sp³-hybridized carbons (Fsp3) is 0.258. The van der Waals surface area contributed by atoms with Gasteiger partial charge in [0.1, 0.15) is 11.4 Å². The van der Waals surface area contributed by atoms with Gasteiger partial charge in [-0.1, -0.05) is 77.9 Å². The van der Waals surface area contributed by atoms with Gasteiger partial charge < -0.3 is 10.1 Å². The van der Waals surface area contributed by atoms with Crippen molar-refractivity contribution < 1.29 is 5.11 Å². The predicted octanol–water partition coefficient (Wildman–Crippen LogP) is 7.83. The molecule has 182 valence electrons. The molecule has 2 N–H and O–H groups in total. The lowest BCUT2D eigenvalue weighted by atomic mass is 9.79. The number of aromatic hydroxyl groups is 1. The van der Waals surface area contributed by atoms with E-state index in [-0.39, 0.29) is 16.6 Å². The largest absolute Gasteiger partial charge is 0.507 e. The van der Waals surface area contributed by atoms with Crippen LogP contribution in [0.4, 0.5) is 5.69 Å². The second-order valence-corrected chi connectivity index (χ2v) is 11.4. The van der Waals surface area contributed by atoms with Gasteiger partial charge in [0.15, 0.2) is 5.82 Å². The third kappa shape index (κ3) is 4.49. The fourth-order valence-electron chi connectivity index (χ4n) is 4.34. The van der Waals surface area contributed by atoms with Gasteiger partial charge in [-0.3, -0.25) is 4.99 Å². The first kappa shape index (κ1) is 23.7. The third-order valence-corrected chi connectivity index (χ3v) is 6.49. The van der Waals surface area contributed by atoms with Gasteiger partial charge in [-0.05, 0) is 46.7 Å². The van der Waals surface area contributed by atoms with Crippen LogP contribution in [0.25, 0.3) is 33.5 Å². The molecular weight excluding hydrogens is 444 g/mol. The van der Waals surface area contributed by atoms with Crippen molar-refractivity contribution in [2.75, 3.05) is 0 Å². The Morgan fingerprint density at radius 3 is 2.33 bits per heavy atom. The highest BCUT2D eigenvalue weighted by molar-refractivity contribution is 5.95. The number of hydrogen-bond acceptors (Lipinski definition) is 4. The number of benzene rings is 3. The molecule has 0 saturated heterocycles. The summed E-state index contributed by atoms with van der Waals surface area (Å²) < 4.78 is 0. The monoisotopic (exact) mass is 476 g/mol. The second-order valence-electron chi connectivity index (χ2n) is 11.4. The summed E-state index contributed by atoms with van der Waals surface area (Å²) in [5.41, 5.74) is 6.70. The zero-order chi connectivity index (χ0) is 25.7. The van der Waals surface area contributed by atoms with E-state index in [2.05, 4.69) is 52.6 Å². The standard InChI is InChI=1S/C31H32N4O/c1-30(2,3)21-16-20(28(36)22(17-21)31(4,5)6)18-32-25-13-9-10-19-14-15-26(33-27(19)25)29-34-23-11-7-8-12-24(23)35-29/h7-18,36H,1-6H3,(H,34,35). The number of nitrogens with one attached hydrogen (secondary N) is 1. The number of nitrogens with zero attached hydrogens (tertiary/aromatic N) is 3. The lowest BCUT2D eigenvalue weighted by molar-refractivity contribution is 0.444. The van der Waals surface area contributed by atoms with E-state index in [9.17, 15) is 5.11 Å². The summed E-state index contributed by atoms with van der Waals surface area (Å²) in [4.78, 5) is 17.8. The van der Waals surface area contributed by atoms with Crippen LogP contribution >= 0.6 is 0 Å². The molecule has 5 rings (SSSR count). The van der Waals surface area contributed by atoms with Gasteiger partial charge in [-0.2, -0.15) is 0 Å². The summed E-state index contributed by atoms with van der Waals surface area (Å²) in [6.07, 6.45) is 1.75. The Labute approximate surface area is 212 Å². The molecule has 5 heteroatoms. The smallest absolute Gasteiger partial charge is 0.157 e. The van der Waals surface area contributed by atoms with Gasteiger partial charge in [0.25, 0.3) is 0 Å². The van der Waals surface area contributed by atoms with Crippen molar-refractivity contribution in [3.8, 4) is 17.3 Å². The Hall–Kier alpha value is -3.99. The first-order valence-corrected chi connectivity index (χ1v) is 12.3. The molecule has 0 unspecified atom stereocenters. The molecule has 5 nitrogen and oxygen atoms in total. The SMILES string of the molecule is CC(C)(C)c1cc(C=Nc2cccc3ccc(-c4nc5ccccc5[nH]4)nc23)c(O)c(C(C)(C)C)c1. The predicted molar refractivity (Wildman–Crippen MR) is 150 cm³/mol. The summed E-state index contributed by atoms with van der Waals surface area (Å²) >= 11 is 0. The number of rotatable bonds is 3. The number of hydrogen-bond donors (Lipinski definition) is 2.